The number of rotatable bonds is 6. The SMILES string of the molecule is COCCC(C)NC(=O)c1ccc(C(N)=S)cc1. The van der Waals surface area contributed by atoms with E-state index in [0.29, 0.717) is 17.2 Å². The van der Waals surface area contributed by atoms with Crippen molar-refractivity contribution in [3.8, 4) is 0 Å². The molecule has 1 unspecified atom stereocenters. The highest BCUT2D eigenvalue weighted by Crippen LogP contribution is 2.05. The fraction of sp³-hybridized carbons (Fsp3) is 0.385. The van der Waals surface area contributed by atoms with Gasteiger partial charge in [0.25, 0.3) is 5.91 Å². The zero-order valence-electron chi connectivity index (χ0n) is 10.6. The first-order valence-electron chi connectivity index (χ1n) is 5.74. The average molecular weight is 266 g/mol. The number of hydrogen-bond acceptors (Lipinski definition) is 3. The summed E-state index contributed by atoms with van der Waals surface area (Å²) in [6.07, 6.45) is 0.785. The van der Waals surface area contributed by atoms with Crippen molar-refractivity contribution in [3.63, 3.8) is 0 Å². The van der Waals surface area contributed by atoms with Gasteiger partial charge in [0, 0.05) is 30.9 Å². The fourth-order valence-electron chi connectivity index (χ4n) is 1.46. The minimum absolute atomic E-state index is 0.0766. The summed E-state index contributed by atoms with van der Waals surface area (Å²) in [5, 5.41) is 2.90. The van der Waals surface area contributed by atoms with Crippen molar-refractivity contribution in [2.45, 2.75) is 19.4 Å². The summed E-state index contributed by atoms with van der Waals surface area (Å²) < 4.78 is 4.96. The Kier molecular flexibility index (Phi) is 5.74. The third kappa shape index (κ3) is 4.43. The Hall–Kier alpha value is -1.46. The minimum Gasteiger partial charge on any atom is -0.389 e. The van der Waals surface area contributed by atoms with Crippen molar-refractivity contribution in [3.05, 3.63) is 35.4 Å². The van der Waals surface area contributed by atoms with Gasteiger partial charge in [-0.05, 0) is 25.5 Å². The van der Waals surface area contributed by atoms with Crippen LogP contribution in [-0.4, -0.2) is 30.7 Å². The lowest BCUT2D eigenvalue weighted by molar-refractivity contribution is 0.0929. The highest BCUT2D eigenvalue weighted by atomic mass is 32.1. The Morgan fingerprint density at radius 2 is 1.94 bits per heavy atom. The number of methoxy groups -OCH3 is 1. The van der Waals surface area contributed by atoms with Gasteiger partial charge >= 0.3 is 0 Å². The van der Waals surface area contributed by atoms with Crippen LogP contribution in [0.25, 0.3) is 0 Å². The van der Waals surface area contributed by atoms with Gasteiger partial charge in [0.2, 0.25) is 0 Å². The quantitative estimate of drug-likeness (QED) is 0.765. The standard InChI is InChI=1S/C13H18N2O2S/c1-9(7-8-17-2)15-13(16)11-5-3-10(4-6-11)12(14)18/h3-6,9H,7-8H2,1-2H3,(H2,14,18)(H,15,16). The molecular formula is C13H18N2O2S. The zero-order chi connectivity index (χ0) is 13.5. The Balaban J connectivity index is 2.58. The maximum Gasteiger partial charge on any atom is 0.251 e. The molecule has 3 N–H and O–H groups in total. The van der Waals surface area contributed by atoms with Crippen LogP contribution in [-0.2, 0) is 4.74 Å². The van der Waals surface area contributed by atoms with E-state index in [2.05, 4.69) is 5.32 Å². The normalized spacial score (nSPS) is 11.9. The second-order valence-electron chi connectivity index (χ2n) is 4.10. The van der Waals surface area contributed by atoms with E-state index < -0.39 is 0 Å². The summed E-state index contributed by atoms with van der Waals surface area (Å²) in [7, 11) is 1.64. The second kappa shape index (κ2) is 7.08. The van der Waals surface area contributed by atoms with Gasteiger partial charge in [0.05, 0.1) is 0 Å². The van der Waals surface area contributed by atoms with Gasteiger partial charge in [-0.25, -0.2) is 0 Å². The average Bonchev–Trinajstić information content (AvgIpc) is 2.36. The fourth-order valence-corrected chi connectivity index (χ4v) is 1.60. The van der Waals surface area contributed by atoms with Gasteiger partial charge in [-0.3, -0.25) is 4.79 Å². The summed E-state index contributed by atoms with van der Waals surface area (Å²) in [5.74, 6) is -0.104. The Morgan fingerprint density at radius 3 is 2.44 bits per heavy atom. The molecule has 1 rings (SSSR count). The first kappa shape index (κ1) is 14.6. The van der Waals surface area contributed by atoms with Crippen LogP contribution < -0.4 is 11.1 Å². The molecule has 1 amide bonds. The molecule has 0 heterocycles. The molecule has 1 aromatic rings. The molecule has 0 saturated heterocycles. The van der Waals surface area contributed by atoms with Crippen molar-refractivity contribution in [2.24, 2.45) is 5.73 Å². The summed E-state index contributed by atoms with van der Waals surface area (Å²) in [5.41, 5.74) is 6.85. The molecule has 5 heteroatoms. The van der Waals surface area contributed by atoms with Gasteiger partial charge < -0.3 is 15.8 Å². The maximum absolute atomic E-state index is 11.9. The van der Waals surface area contributed by atoms with Crippen LogP contribution in [0.3, 0.4) is 0 Å². The number of nitrogens with one attached hydrogen (secondary N) is 1. The van der Waals surface area contributed by atoms with Gasteiger partial charge in [-0.2, -0.15) is 0 Å². The van der Waals surface area contributed by atoms with E-state index in [1.54, 1.807) is 31.4 Å². The lowest BCUT2D eigenvalue weighted by atomic mass is 10.1. The van der Waals surface area contributed by atoms with Crippen LogP contribution in [0.15, 0.2) is 24.3 Å². The van der Waals surface area contributed by atoms with E-state index in [1.807, 2.05) is 6.92 Å². The Bertz CT molecular complexity index is 418. The van der Waals surface area contributed by atoms with Crippen molar-refractivity contribution >= 4 is 23.1 Å². The molecule has 1 aromatic carbocycles. The molecule has 0 fully saturated rings. The number of amides is 1. The zero-order valence-corrected chi connectivity index (χ0v) is 11.4. The van der Waals surface area contributed by atoms with Crippen LogP contribution in [0, 0.1) is 0 Å². The lowest BCUT2D eigenvalue weighted by Gasteiger charge is -2.13. The predicted octanol–water partition coefficient (Wildman–Crippen LogP) is 1.48. The number of nitrogens with two attached hydrogens (primary N) is 1. The molecule has 18 heavy (non-hydrogen) atoms. The molecule has 0 aromatic heterocycles. The van der Waals surface area contributed by atoms with E-state index in [9.17, 15) is 4.79 Å². The molecule has 0 bridgehead atoms. The van der Waals surface area contributed by atoms with E-state index in [4.69, 9.17) is 22.7 Å². The molecule has 4 nitrogen and oxygen atoms in total. The number of ether oxygens (including phenoxy) is 1. The summed E-state index contributed by atoms with van der Waals surface area (Å²) in [6.45, 7) is 2.57. The minimum atomic E-state index is -0.104. The number of benzene rings is 1. The third-order valence-electron chi connectivity index (χ3n) is 2.56. The van der Waals surface area contributed by atoms with E-state index >= 15 is 0 Å². The van der Waals surface area contributed by atoms with Crippen LogP contribution in [0.5, 0.6) is 0 Å². The first-order valence-corrected chi connectivity index (χ1v) is 6.15. The molecule has 1 atom stereocenters. The molecule has 0 saturated carbocycles. The highest BCUT2D eigenvalue weighted by molar-refractivity contribution is 7.80. The molecular weight excluding hydrogens is 248 g/mol. The Morgan fingerprint density at radius 1 is 1.39 bits per heavy atom. The summed E-state index contributed by atoms with van der Waals surface area (Å²) >= 11 is 4.85. The molecule has 0 aliphatic heterocycles. The number of carbonyl (C=O) groups excluding carboxylic acids is 1. The number of carbonyl (C=O) groups is 1. The van der Waals surface area contributed by atoms with Crippen molar-refractivity contribution < 1.29 is 9.53 Å². The van der Waals surface area contributed by atoms with Gasteiger partial charge in [0.15, 0.2) is 0 Å². The van der Waals surface area contributed by atoms with E-state index in [0.717, 1.165) is 12.0 Å². The predicted molar refractivity (Wildman–Crippen MR) is 75.8 cm³/mol. The highest BCUT2D eigenvalue weighted by Gasteiger charge is 2.09. The first-order chi connectivity index (χ1) is 8.54. The van der Waals surface area contributed by atoms with Crippen molar-refractivity contribution in [1.29, 1.82) is 0 Å². The maximum atomic E-state index is 11.9. The molecule has 98 valence electrons. The van der Waals surface area contributed by atoms with Crippen LogP contribution >= 0.6 is 12.2 Å². The van der Waals surface area contributed by atoms with E-state index in [1.165, 1.54) is 0 Å². The topological polar surface area (TPSA) is 64.3 Å². The molecule has 0 aliphatic carbocycles. The Labute approximate surface area is 113 Å². The summed E-state index contributed by atoms with van der Waals surface area (Å²) in [4.78, 5) is 12.2. The molecule has 0 aliphatic rings. The lowest BCUT2D eigenvalue weighted by Crippen LogP contribution is -2.33. The second-order valence-corrected chi connectivity index (χ2v) is 4.54. The van der Waals surface area contributed by atoms with Crippen LogP contribution in [0.2, 0.25) is 0 Å². The number of thiocarbonyl (C=S) groups is 1. The van der Waals surface area contributed by atoms with Crippen molar-refractivity contribution in [1.82, 2.24) is 5.32 Å². The monoisotopic (exact) mass is 266 g/mol. The summed E-state index contributed by atoms with van der Waals surface area (Å²) in [6, 6.07) is 7.00. The van der Waals surface area contributed by atoms with E-state index in [-0.39, 0.29) is 11.9 Å². The largest absolute Gasteiger partial charge is 0.389 e. The smallest absolute Gasteiger partial charge is 0.251 e. The van der Waals surface area contributed by atoms with Gasteiger partial charge in [0.1, 0.15) is 4.99 Å². The third-order valence-corrected chi connectivity index (χ3v) is 2.80. The number of hydrogen-bond donors (Lipinski definition) is 2. The van der Waals surface area contributed by atoms with Crippen LogP contribution in [0.1, 0.15) is 29.3 Å². The van der Waals surface area contributed by atoms with Gasteiger partial charge in [-0.15, -0.1) is 0 Å². The van der Waals surface area contributed by atoms with Crippen molar-refractivity contribution in [2.75, 3.05) is 13.7 Å². The molecule has 0 radical (unpaired) electrons. The van der Waals surface area contributed by atoms with Gasteiger partial charge in [-0.1, -0.05) is 24.4 Å². The van der Waals surface area contributed by atoms with Crippen LogP contribution in [0.4, 0.5) is 0 Å². The molecule has 0 spiro atoms.